The number of rotatable bonds is 1. The van der Waals surface area contributed by atoms with Crippen LogP contribution in [0.3, 0.4) is 0 Å². The van der Waals surface area contributed by atoms with Crippen LogP contribution in [0, 0.1) is 11.8 Å². The predicted molar refractivity (Wildman–Crippen MR) is 63.5 cm³/mol. The molecule has 1 aliphatic carbocycles. The van der Waals surface area contributed by atoms with E-state index in [1.165, 1.54) is 6.42 Å². The number of hydrogen-bond acceptors (Lipinski definition) is 3. The molecular weight excluding hydrogens is 230 g/mol. The molecule has 4 unspecified atom stereocenters. The van der Waals surface area contributed by atoms with Crippen molar-refractivity contribution in [3.05, 3.63) is 12.2 Å². The van der Waals surface area contributed by atoms with Crippen LogP contribution >= 0.6 is 0 Å². The highest BCUT2D eigenvalue weighted by molar-refractivity contribution is 6.07. The van der Waals surface area contributed by atoms with Crippen molar-refractivity contribution in [1.82, 2.24) is 4.90 Å². The molecule has 4 nitrogen and oxygen atoms in total. The lowest BCUT2D eigenvalue weighted by molar-refractivity contribution is -0.145. The van der Waals surface area contributed by atoms with E-state index in [9.17, 15) is 9.59 Å². The largest absolute Gasteiger partial charge is 0.365 e. The molecule has 0 spiro atoms. The first kappa shape index (κ1) is 10.7. The van der Waals surface area contributed by atoms with Crippen LogP contribution in [0.2, 0.25) is 0 Å². The molecule has 0 aromatic rings. The zero-order chi connectivity index (χ0) is 12.3. The minimum Gasteiger partial charge on any atom is -0.365 e. The second-order valence-electron chi connectivity index (χ2n) is 5.84. The fourth-order valence-electron chi connectivity index (χ4n) is 4.03. The monoisotopic (exact) mass is 247 g/mol. The summed E-state index contributed by atoms with van der Waals surface area (Å²) in [7, 11) is 0. The minimum atomic E-state index is -0.227. The maximum absolute atomic E-state index is 12.5. The van der Waals surface area contributed by atoms with Crippen molar-refractivity contribution in [2.24, 2.45) is 11.8 Å². The number of nitrogens with zero attached hydrogens (tertiary/aromatic N) is 1. The molecule has 3 aliphatic heterocycles. The summed E-state index contributed by atoms with van der Waals surface area (Å²) in [6.45, 7) is 0. The van der Waals surface area contributed by atoms with Crippen molar-refractivity contribution in [3.63, 3.8) is 0 Å². The lowest BCUT2D eigenvalue weighted by Crippen LogP contribution is -2.43. The van der Waals surface area contributed by atoms with Crippen LogP contribution in [0.15, 0.2) is 12.2 Å². The summed E-state index contributed by atoms with van der Waals surface area (Å²) >= 11 is 0. The van der Waals surface area contributed by atoms with Crippen LogP contribution in [0.25, 0.3) is 0 Å². The zero-order valence-electron chi connectivity index (χ0n) is 10.2. The average Bonchev–Trinajstić information content (AvgIpc) is 3.05. The van der Waals surface area contributed by atoms with Gasteiger partial charge < -0.3 is 4.74 Å². The highest BCUT2D eigenvalue weighted by atomic mass is 16.5. The van der Waals surface area contributed by atoms with E-state index in [2.05, 4.69) is 0 Å². The van der Waals surface area contributed by atoms with Gasteiger partial charge in [-0.15, -0.1) is 0 Å². The second-order valence-corrected chi connectivity index (χ2v) is 5.84. The first-order chi connectivity index (χ1) is 8.77. The quantitative estimate of drug-likeness (QED) is 0.517. The van der Waals surface area contributed by atoms with Gasteiger partial charge in [0.1, 0.15) is 0 Å². The van der Waals surface area contributed by atoms with Crippen molar-refractivity contribution in [2.75, 3.05) is 0 Å². The molecule has 96 valence electrons. The van der Waals surface area contributed by atoms with Crippen molar-refractivity contribution < 1.29 is 14.3 Å². The van der Waals surface area contributed by atoms with Gasteiger partial charge in [0.25, 0.3) is 0 Å². The molecule has 18 heavy (non-hydrogen) atoms. The molecule has 3 fully saturated rings. The number of ether oxygens (including phenoxy) is 1. The number of likely N-dealkylation sites (tertiary alicyclic amines) is 1. The molecule has 0 radical (unpaired) electrons. The van der Waals surface area contributed by atoms with Gasteiger partial charge in [0.2, 0.25) is 11.8 Å². The highest BCUT2D eigenvalue weighted by Gasteiger charge is 2.61. The molecule has 4 heteroatoms. The van der Waals surface area contributed by atoms with E-state index in [0.29, 0.717) is 0 Å². The standard InChI is InChI=1S/C14H17NO3/c16-13-11-9-6-7-10(18-9)12(11)14(17)15(13)8-4-2-1-3-5-8/h6-12H,1-5H2. The Bertz CT molecular complexity index is 408. The number of carbonyl (C=O) groups excluding carboxylic acids is 2. The summed E-state index contributed by atoms with van der Waals surface area (Å²) in [5.41, 5.74) is 0. The van der Waals surface area contributed by atoms with E-state index in [1.807, 2.05) is 12.2 Å². The minimum absolute atomic E-state index is 0.0220. The molecule has 2 amide bonds. The van der Waals surface area contributed by atoms with E-state index in [4.69, 9.17) is 4.74 Å². The number of amides is 2. The van der Waals surface area contributed by atoms with E-state index >= 15 is 0 Å². The van der Waals surface area contributed by atoms with Crippen LogP contribution in [-0.4, -0.2) is 35.0 Å². The third-order valence-corrected chi connectivity index (χ3v) is 4.88. The maximum atomic E-state index is 12.5. The Labute approximate surface area is 106 Å². The fraction of sp³-hybridized carbons (Fsp3) is 0.714. The summed E-state index contributed by atoms with van der Waals surface area (Å²) in [5, 5.41) is 0. The second kappa shape index (κ2) is 3.67. The topological polar surface area (TPSA) is 46.6 Å². The maximum Gasteiger partial charge on any atom is 0.236 e. The fourth-order valence-corrected chi connectivity index (χ4v) is 4.03. The summed E-state index contributed by atoms with van der Waals surface area (Å²) in [6.07, 6.45) is 9.08. The SMILES string of the molecule is O=C1C2C3C=CC(O3)C2C(=O)N1C1CCCCC1. The number of fused-ring (bicyclic) bond motifs is 5. The molecule has 3 heterocycles. The molecule has 0 aromatic carbocycles. The lowest BCUT2D eigenvalue weighted by Gasteiger charge is -2.30. The van der Waals surface area contributed by atoms with Crippen LogP contribution in [0.4, 0.5) is 0 Å². The van der Waals surface area contributed by atoms with Crippen molar-refractivity contribution in [1.29, 1.82) is 0 Å². The van der Waals surface area contributed by atoms with Gasteiger partial charge in [-0.2, -0.15) is 0 Å². The molecule has 4 rings (SSSR count). The van der Waals surface area contributed by atoms with Gasteiger partial charge >= 0.3 is 0 Å². The van der Waals surface area contributed by atoms with Crippen LogP contribution < -0.4 is 0 Å². The molecule has 0 N–H and O–H groups in total. The number of carbonyl (C=O) groups is 2. The first-order valence-electron chi connectivity index (χ1n) is 6.98. The summed E-state index contributed by atoms with van der Waals surface area (Å²) in [4.78, 5) is 26.5. The normalized spacial score (nSPS) is 43.0. The number of imide groups is 1. The Kier molecular flexibility index (Phi) is 2.19. The van der Waals surface area contributed by atoms with Gasteiger partial charge in [-0.05, 0) is 12.8 Å². The van der Waals surface area contributed by atoms with E-state index < -0.39 is 0 Å². The molecule has 4 aliphatic rings. The lowest BCUT2D eigenvalue weighted by atomic mass is 9.85. The van der Waals surface area contributed by atoms with Crippen LogP contribution in [0.1, 0.15) is 32.1 Å². The summed E-state index contributed by atoms with van der Waals surface area (Å²) < 4.78 is 5.64. The molecule has 1 saturated carbocycles. The Morgan fingerprint density at radius 3 is 2.06 bits per heavy atom. The van der Waals surface area contributed by atoms with E-state index in [-0.39, 0.29) is 41.9 Å². The zero-order valence-corrected chi connectivity index (χ0v) is 10.2. The van der Waals surface area contributed by atoms with E-state index in [0.717, 1.165) is 25.7 Å². The van der Waals surface area contributed by atoms with Gasteiger partial charge in [0, 0.05) is 6.04 Å². The third-order valence-electron chi connectivity index (χ3n) is 4.88. The molecule has 4 atom stereocenters. The van der Waals surface area contributed by atoms with Crippen LogP contribution in [-0.2, 0) is 14.3 Å². The van der Waals surface area contributed by atoms with Gasteiger partial charge in [0.15, 0.2) is 0 Å². The molecule has 0 aromatic heterocycles. The van der Waals surface area contributed by atoms with Gasteiger partial charge in [-0.3, -0.25) is 14.5 Å². The summed E-state index contributed by atoms with van der Waals surface area (Å²) in [5.74, 6) is -0.411. The van der Waals surface area contributed by atoms with E-state index in [1.54, 1.807) is 4.90 Å². The van der Waals surface area contributed by atoms with Gasteiger partial charge in [-0.1, -0.05) is 31.4 Å². The Balaban J connectivity index is 1.63. The van der Waals surface area contributed by atoms with Crippen LogP contribution in [0.5, 0.6) is 0 Å². The highest BCUT2D eigenvalue weighted by Crippen LogP contribution is 2.46. The smallest absolute Gasteiger partial charge is 0.236 e. The molecule has 2 saturated heterocycles. The van der Waals surface area contributed by atoms with Gasteiger partial charge in [-0.25, -0.2) is 0 Å². The van der Waals surface area contributed by atoms with Crippen molar-refractivity contribution in [2.45, 2.75) is 50.4 Å². The summed E-state index contributed by atoms with van der Waals surface area (Å²) in [6, 6.07) is 0.156. The van der Waals surface area contributed by atoms with Crippen molar-refractivity contribution in [3.8, 4) is 0 Å². The Hall–Kier alpha value is -1.16. The average molecular weight is 247 g/mol. The first-order valence-corrected chi connectivity index (χ1v) is 6.98. The Morgan fingerprint density at radius 1 is 0.944 bits per heavy atom. The number of hydrogen-bond donors (Lipinski definition) is 0. The predicted octanol–water partition coefficient (Wildman–Crippen LogP) is 1.26. The molecule has 2 bridgehead atoms. The van der Waals surface area contributed by atoms with Crippen molar-refractivity contribution >= 4 is 11.8 Å². The third kappa shape index (κ3) is 1.24. The Morgan fingerprint density at radius 2 is 1.50 bits per heavy atom. The van der Waals surface area contributed by atoms with Gasteiger partial charge in [0.05, 0.1) is 24.0 Å². The molecular formula is C14H17NO3.